The third kappa shape index (κ3) is 6.39. The van der Waals surface area contributed by atoms with E-state index in [-0.39, 0.29) is 6.04 Å². The van der Waals surface area contributed by atoms with Gasteiger partial charge in [-0.1, -0.05) is 58.8 Å². The van der Waals surface area contributed by atoms with Gasteiger partial charge >= 0.3 is 0 Å². The molecule has 1 heterocycles. The molecular formula is C18H35NO. The summed E-state index contributed by atoms with van der Waals surface area (Å²) < 4.78 is 0. The number of ketones is 1. The maximum absolute atomic E-state index is 11.9. The smallest absolute Gasteiger partial charge is 0.146 e. The molecule has 1 fully saturated rings. The van der Waals surface area contributed by atoms with Crippen LogP contribution in [-0.4, -0.2) is 17.9 Å². The Kier molecular flexibility index (Phi) is 9.17. The highest BCUT2D eigenvalue weighted by atomic mass is 16.1. The normalized spacial score (nSPS) is 26.6. The van der Waals surface area contributed by atoms with Crippen LogP contribution in [0.5, 0.6) is 0 Å². The molecule has 1 rings (SSSR count). The number of nitrogens with one attached hydrogen (secondary N) is 1. The van der Waals surface area contributed by atoms with Gasteiger partial charge in [0.25, 0.3) is 0 Å². The summed E-state index contributed by atoms with van der Waals surface area (Å²) in [5.74, 6) is 0.942. The lowest BCUT2D eigenvalue weighted by atomic mass is 9.81. The fourth-order valence-electron chi connectivity index (χ4n) is 3.52. The van der Waals surface area contributed by atoms with Crippen molar-refractivity contribution in [2.45, 2.75) is 103 Å². The topological polar surface area (TPSA) is 29.1 Å². The predicted molar refractivity (Wildman–Crippen MR) is 87.0 cm³/mol. The van der Waals surface area contributed by atoms with E-state index in [1.165, 1.54) is 70.6 Å². The van der Waals surface area contributed by atoms with Crippen LogP contribution in [0.2, 0.25) is 0 Å². The van der Waals surface area contributed by atoms with Gasteiger partial charge < -0.3 is 5.32 Å². The summed E-state index contributed by atoms with van der Waals surface area (Å²) in [4.78, 5) is 11.9. The Balaban J connectivity index is 2.35. The molecule has 1 saturated heterocycles. The molecule has 0 radical (unpaired) electrons. The van der Waals surface area contributed by atoms with Gasteiger partial charge in [0.1, 0.15) is 5.78 Å². The second-order valence-corrected chi connectivity index (χ2v) is 6.63. The quantitative estimate of drug-likeness (QED) is 0.579. The van der Waals surface area contributed by atoms with Crippen molar-refractivity contribution in [2.24, 2.45) is 5.92 Å². The summed E-state index contributed by atoms with van der Waals surface area (Å²) >= 11 is 0. The molecule has 0 bridgehead atoms. The highest BCUT2D eigenvalue weighted by molar-refractivity contribution is 5.81. The molecule has 118 valence electrons. The molecule has 1 N–H and O–H groups in total. The average Bonchev–Trinajstić information content (AvgIpc) is 2.44. The van der Waals surface area contributed by atoms with Gasteiger partial charge in [0.05, 0.1) is 6.04 Å². The molecule has 2 heteroatoms. The second-order valence-electron chi connectivity index (χ2n) is 6.63. The van der Waals surface area contributed by atoms with Crippen LogP contribution in [0.4, 0.5) is 0 Å². The van der Waals surface area contributed by atoms with Gasteiger partial charge in [-0.3, -0.25) is 4.79 Å². The fraction of sp³-hybridized carbons (Fsp3) is 0.944. The summed E-state index contributed by atoms with van der Waals surface area (Å²) in [6.45, 7) is 6.27. The van der Waals surface area contributed by atoms with Crippen molar-refractivity contribution in [3.05, 3.63) is 0 Å². The van der Waals surface area contributed by atoms with E-state index in [4.69, 9.17) is 0 Å². The van der Waals surface area contributed by atoms with Gasteiger partial charge in [-0.05, 0) is 38.5 Å². The Morgan fingerprint density at radius 1 is 0.950 bits per heavy atom. The Morgan fingerprint density at radius 2 is 1.60 bits per heavy atom. The lowest BCUT2D eigenvalue weighted by Crippen LogP contribution is -2.51. The minimum Gasteiger partial charge on any atom is -0.304 e. The van der Waals surface area contributed by atoms with Crippen molar-refractivity contribution in [1.82, 2.24) is 5.32 Å². The van der Waals surface area contributed by atoms with Crippen molar-refractivity contribution in [3.63, 3.8) is 0 Å². The number of hydrogen-bond acceptors (Lipinski definition) is 2. The molecule has 3 unspecified atom stereocenters. The van der Waals surface area contributed by atoms with Crippen molar-refractivity contribution >= 4 is 5.78 Å². The maximum Gasteiger partial charge on any atom is 0.146 e. The Hall–Kier alpha value is -0.370. The van der Waals surface area contributed by atoms with Crippen molar-refractivity contribution in [2.75, 3.05) is 0 Å². The third-order valence-electron chi connectivity index (χ3n) is 4.80. The van der Waals surface area contributed by atoms with Gasteiger partial charge in [0.2, 0.25) is 0 Å². The Morgan fingerprint density at radius 3 is 2.25 bits per heavy atom. The SMILES string of the molecule is CCCCCCC1CCC(CCCCC)NC1C(C)=O. The summed E-state index contributed by atoms with van der Waals surface area (Å²) in [6, 6.07) is 0.722. The number of carbonyl (C=O) groups is 1. The summed E-state index contributed by atoms with van der Waals surface area (Å²) in [5.41, 5.74) is 0. The van der Waals surface area contributed by atoms with Crippen LogP contribution >= 0.6 is 0 Å². The van der Waals surface area contributed by atoms with Crippen LogP contribution < -0.4 is 5.32 Å². The van der Waals surface area contributed by atoms with Crippen molar-refractivity contribution in [3.8, 4) is 0 Å². The van der Waals surface area contributed by atoms with E-state index >= 15 is 0 Å². The first kappa shape index (κ1) is 17.7. The van der Waals surface area contributed by atoms with E-state index in [2.05, 4.69) is 19.2 Å². The molecule has 0 aromatic rings. The number of unbranched alkanes of at least 4 members (excludes halogenated alkanes) is 5. The minimum absolute atomic E-state index is 0.136. The van der Waals surface area contributed by atoms with Crippen molar-refractivity contribution < 1.29 is 4.79 Å². The zero-order chi connectivity index (χ0) is 14.8. The van der Waals surface area contributed by atoms with Crippen LogP contribution in [0, 0.1) is 5.92 Å². The molecule has 0 aromatic carbocycles. The van der Waals surface area contributed by atoms with E-state index in [0.717, 1.165) is 0 Å². The number of carbonyl (C=O) groups excluding carboxylic acids is 1. The Labute approximate surface area is 126 Å². The molecular weight excluding hydrogens is 246 g/mol. The molecule has 0 saturated carbocycles. The molecule has 2 nitrogen and oxygen atoms in total. The van der Waals surface area contributed by atoms with E-state index in [1.807, 2.05) is 0 Å². The van der Waals surface area contributed by atoms with E-state index in [0.29, 0.717) is 17.7 Å². The second kappa shape index (κ2) is 10.4. The maximum atomic E-state index is 11.9. The average molecular weight is 281 g/mol. The lowest BCUT2D eigenvalue weighted by Gasteiger charge is -2.36. The van der Waals surface area contributed by atoms with Gasteiger partial charge in [0, 0.05) is 6.04 Å². The fourth-order valence-corrected chi connectivity index (χ4v) is 3.52. The largest absolute Gasteiger partial charge is 0.304 e. The third-order valence-corrected chi connectivity index (χ3v) is 4.80. The molecule has 0 aromatic heterocycles. The highest BCUT2D eigenvalue weighted by Gasteiger charge is 2.31. The van der Waals surface area contributed by atoms with Crippen LogP contribution in [-0.2, 0) is 4.79 Å². The molecule has 0 aliphatic carbocycles. The number of Topliss-reactive ketones (excluding diaryl/α,β-unsaturated/α-hetero) is 1. The highest BCUT2D eigenvalue weighted by Crippen LogP contribution is 2.27. The van der Waals surface area contributed by atoms with E-state index < -0.39 is 0 Å². The lowest BCUT2D eigenvalue weighted by molar-refractivity contribution is -0.121. The van der Waals surface area contributed by atoms with Crippen LogP contribution in [0.15, 0.2) is 0 Å². The summed E-state index contributed by atoms with van der Waals surface area (Å²) in [5, 5.41) is 3.65. The molecule has 0 spiro atoms. The van der Waals surface area contributed by atoms with Crippen LogP contribution in [0.3, 0.4) is 0 Å². The molecule has 1 aliphatic rings. The number of piperidine rings is 1. The van der Waals surface area contributed by atoms with E-state index in [1.54, 1.807) is 6.92 Å². The van der Waals surface area contributed by atoms with Gasteiger partial charge in [0.15, 0.2) is 0 Å². The van der Waals surface area contributed by atoms with Crippen LogP contribution in [0.25, 0.3) is 0 Å². The molecule has 1 aliphatic heterocycles. The van der Waals surface area contributed by atoms with Gasteiger partial charge in [-0.25, -0.2) is 0 Å². The summed E-state index contributed by atoms with van der Waals surface area (Å²) in [7, 11) is 0. The van der Waals surface area contributed by atoms with Crippen LogP contribution in [0.1, 0.15) is 91.4 Å². The molecule has 3 atom stereocenters. The number of hydrogen-bond donors (Lipinski definition) is 1. The van der Waals surface area contributed by atoms with Crippen molar-refractivity contribution in [1.29, 1.82) is 0 Å². The molecule has 20 heavy (non-hydrogen) atoms. The first-order valence-corrected chi connectivity index (χ1v) is 8.95. The van der Waals surface area contributed by atoms with Gasteiger partial charge in [-0.15, -0.1) is 0 Å². The first-order valence-electron chi connectivity index (χ1n) is 8.95. The van der Waals surface area contributed by atoms with Gasteiger partial charge in [-0.2, -0.15) is 0 Å². The summed E-state index contributed by atoms with van der Waals surface area (Å²) in [6.07, 6.45) is 14.2. The predicted octanol–water partition coefficient (Wildman–Crippen LogP) is 4.86. The monoisotopic (exact) mass is 281 g/mol. The van der Waals surface area contributed by atoms with E-state index in [9.17, 15) is 4.79 Å². The zero-order valence-electron chi connectivity index (χ0n) is 13.9. The number of rotatable bonds is 10. The molecule has 0 amide bonds. The standard InChI is InChI=1S/C18H35NO/c1-4-6-8-10-11-16-13-14-17(12-9-7-5-2)19-18(16)15(3)20/h16-19H,4-14H2,1-3H3. The zero-order valence-corrected chi connectivity index (χ0v) is 13.9. The Bertz CT molecular complexity index is 264. The minimum atomic E-state index is 0.136. The first-order chi connectivity index (χ1) is 9.69.